The molecule has 0 spiro atoms. The van der Waals surface area contributed by atoms with Crippen LogP contribution in [0.4, 0.5) is 0 Å². The Labute approximate surface area is 97.7 Å². The highest BCUT2D eigenvalue weighted by molar-refractivity contribution is 7.12. The van der Waals surface area contributed by atoms with Gasteiger partial charge in [0, 0.05) is 29.4 Å². The normalized spacial score (nSPS) is 10.1. The van der Waals surface area contributed by atoms with E-state index in [2.05, 4.69) is 4.98 Å². The van der Waals surface area contributed by atoms with Crippen molar-refractivity contribution in [1.82, 2.24) is 4.98 Å². The van der Waals surface area contributed by atoms with Crippen molar-refractivity contribution in [3.8, 4) is 5.75 Å². The zero-order valence-corrected chi connectivity index (χ0v) is 9.88. The summed E-state index contributed by atoms with van der Waals surface area (Å²) >= 11 is 1.38. The minimum Gasteiger partial charge on any atom is -0.496 e. The Morgan fingerprint density at radius 2 is 2.19 bits per heavy atom. The Kier molecular flexibility index (Phi) is 3.01. The molecule has 0 aliphatic rings. The molecule has 0 fully saturated rings. The number of aryl methyl sites for hydroxylation is 1. The van der Waals surface area contributed by atoms with Gasteiger partial charge in [0.15, 0.2) is 0 Å². The second kappa shape index (κ2) is 4.45. The zero-order chi connectivity index (χ0) is 11.5. The molecule has 0 amide bonds. The number of nitrogens with zero attached hydrogens (tertiary/aromatic N) is 1. The molecule has 0 radical (unpaired) electrons. The van der Waals surface area contributed by atoms with Crippen LogP contribution in [0.15, 0.2) is 29.9 Å². The van der Waals surface area contributed by atoms with Gasteiger partial charge in [-0.2, -0.15) is 0 Å². The Hall–Kier alpha value is -1.68. The maximum Gasteiger partial charge on any atom is 0.204 e. The van der Waals surface area contributed by atoms with E-state index < -0.39 is 0 Å². The number of carbonyl (C=O) groups excluding carboxylic acids is 1. The number of rotatable bonds is 3. The minimum atomic E-state index is -0.00972. The lowest BCUT2D eigenvalue weighted by atomic mass is 10.1. The standard InChI is InChI=1S/C12H11NO2S/c1-8-3-9(6-13-5-8)12(14)11-4-10(15-2)7-16-11/h3-7H,1-2H3. The molecule has 16 heavy (non-hydrogen) atoms. The first-order chi connectivity index (χ1) is 7.70. The molecular formula is C12H11NO2S. The smallest absolute Gasteiger partial charge is 0.204 e. The van der Waals surface area contributed by atoms with Gasteiger partial charge in [0.25, 0.3) is 0 Å². The summed E-state index contributed by atoms with van der Waals surface area (Å²) < 4.78 is 5.05. The van der Waals surface area contributed by atoms with Crippen LogP contribution in [-0.4, -0.2) is 17.9 Å². The van der Waals surface area contributed by atoms with E-state index in [0.717, 1.165) is 5.56 Å². The first-order valence-corrected chi connectivity index (χ1v) is 5.67. The number of hydrogen-bond donors (Lipinski definition) is 0. The Bertz CT molecular complexity index is 519. The van der Waals surface area contributed by atoms with Crippen molar-refractivity contribution in [2.24, 2.45) is 0 Å². The molecule has 0 aliphatic heterocycles. The SMILES string of the molecule is COc1csc(C(=O)c2cncc(C)c2)c1. The van der Waals surface area contributed by atoms with Gasteiger partial charge >= 0.3 is 0 Å². The van der Waals surface area contributed by atoms with Crippen molar-refractivity contribution in [3.05, 3.63) is 45.9 Å². The summed E-state index contributed by atoms with van der Waals surface area (Å²) in [5.74, 6) is 0.707. The molecule has 0 aliphatic carbocycles. The lowest BCUT2D eigenvalue weighted by molar-refractivity contribution is 0.104. The Morgan fingerprint density at radius 3 is 2.81 bits per heavy atom. The van der Waals surface area contributed by atoms with Crippen LogP contribution in [0.3, 0.4) is 0 Å². The molecule has 0 saturated carbocycles. The number of carbonyl (C=O) groups is 1. The van der Waals surface area contributed by atoms with Gasteiger partial charge in [-0.25, -0.2) is 0 Å². The van der Waals surface area contributed by atoms with Crippen molar-refractivity contribution in [1.29, 1.82) is 0 Å². The van der Waals surface area contributed by atoms with Crippen molar-refractivity contribution in [2.45, 2.75) is 6.92 Å². The van der Waals surface area contributed by atoms with Gasteiger partial charge in [-0.05, 0) is 18.6 Å². The van der Waals surface area contributed by atoms with Crippen LogP contribution in [0.25, 0.3) is 0 Å². The highest BCUT2D eigenvalue weighted by atomic mass is 32.1. The molecule has 4 heteroatoms. The third-order valence-corrected chi connectivity index (χ3v) is 3.08. The zero-order valence-electron chi connectivity index (χ0n) is 9.06. The summed E-state index contributed by atoms with van der Waals surface area (Å²) in [5.41, 5.74) is 1.60. The highest BCUT2D eigenvalue weighted by Crippen LogP contribution is 2.23. The van der Waals surface area contributed by atoms with E-state index in [1.807, 2.05) is 18.4 Å². The molecule has 0 aromatic carbocycles. The van der Waals surface area contributed by atoms with Crippen LogP contribution in [0, 0.1) is 6.92 Å². The number of ether oxygens (including phenoxy) is 1. The molecule has 2 aromatic heterocycles. The minimum absolute atomic E-state index is 0.00972. The maximum atomic E-state index is 12.0. The second-order valence-electron chi connectivity index (χ2n) is 3.43. The van der Waals surface area contributed by atoms with Crippen LogP contribution >= 0.6 is 11.3 Å². The molecular weight excluding hydrogens is 222 g/mol. The second-order valence-corrected chi connectivity index (χ2v) is 4.34. The fraction of sp³-hybridized carbons (Fsp3) is 0.167. The lowest BCUT2D eigenvalue weighted by Gasteiger charge is -1.98. The number of hydrogen-bond acceptors (Lipinski definition) is 4. The van der Waals surface area contributed by atoms with E-state index >= 15 is 0 Å². The van der Waals surface area contributed by atoms with Crippen molar-refractivity contribution < 1.29 is 9.53 Å². The first kappa shape index (κ1) is 10.8. The monoisotopic (exact) mass is 233 g/mol. The van der Waals surface area contributed by atoms with Gasteiger partial charge in [-0.3, -0.25) is 9.78 Å². The van der Waals surface area contributed by atoms with Gasteiger partial charge in [0.05, 0.1) is 12.0 Å². The quantitative estimate of drug-likeness (QED) is 0.765. The van der Waals surface area contributed by atoms with E-state index in [9.17, 15) is 4.79 Å². The topological polar surface area (TPSA) is 39.2 Å². The maximum absolute atomic E-state index is 12.0. The molecule has 0 bridgehead atoms. The predicted molar refractivity (Wildman–Crippen MR) is 63.3 cm³/mol. The van der Waals surface area contributed by atoms with E-state index in [4.69, 9.17) is 4.74 Å². The van der Waals surface area contributed by atoms with Crippen LogP contribution in [-0.2, 0) is 0 Å². The molecule has 82 valence electrons. The Balaban J connectivity index is 2.31. The van der Waals surface area contributed by atoms with Crippen LogP contribution in [0.1, 0.15) is 20.8 Å². The number of ketones is 1. The number of thiophene rings is 1. The summed E-state index contributed by atoms with van der Waals surface area (Å²) in [6.07, 6.45) is 3.31. The van der Waals surface area contributed by atoms with Gasteiger partial charge in [-0.15, -0.1) is 11.3 Å². The Morgan fingerprint density at radius 1 is 1.38 bits per heavy atom. The average molecular weight is 233 g/mol. The molecule has 0 saturated heterocycles. The summed E-state index contributed by atoms with van der Waals surface area (Å²) in [6.45, 7) is 1.92. The van der Waals surface area contributed by atoms with Crippen molar-refractivity contribution in [3.63, 3.8) is 0 Å². The van der Waals surface area contributed by atoms with Gasteiger partial charge in [0.2, 0.25) is 5.78 Å². The van der Waals surface area contributed by atoms with Crippen LogP contribution in [0.5, 0.6) is 5.75 Å². The molecule has 2 rings (SSSR count). The lowest BCUT2D eigenvalue weighted by Crippen LogP contribution is -1.99. The molecule has 0 unspecified atom stereocenters. The van der Waals surface area contributed by atoms with Crippen molar-refractivity contribution in [2.75, 3.05) is 7.11 Å². The van der Waals surface area contributed by atoms with E-state index in [-0.39, 0.29) is 5.78 Å². The average Bonchev–Trinajstić information content (AvgIpc) is 2.76. The fourth-order valence-electron chi connectivity index (χ4n) is 1.37. The number of aromatic nitrogens is 1. The summed E-state index contributed by atoms with van der Waals surface area (Å²) in [4.78, 5) is 16.7. The number of pyridine rings is 1. The third-order valence-electron chi connectivity index (χ3n) is 2.17. The molecule has 3 nitrogen and oxygen atoms in total. The molecule has 0 atom stereocenters. The predicted octanol–water partition coefficient (Wildman–Crippen LogP) is 2.69. The highest BCUT2D eigenvalue weighted by Gasteiger charge is 2.12. The van der Waals surface area contributed by atoms with Crippen molar-refractivity contribution >= 4 is 17.1 Å². The third kappa shape index (κ3) is 2.12. The first-order valence-electron chi connectivity index (χ1n) is 4.79. The van der Waals surface area contributed by atoms with E-state index in [0.29, 0.717) is 16.2 Å². The van der Waals surface area contributed by atoms with Crippen LogP contribution < -0.4 is 4.74 Å². The summed E-state index contributed by atoms with van der Waals surface area (Å²) in [7, 11) is 1.59. The largest absolute Gasteiger partial charge is 0.496 e. The molecule has 2 aromatic rings. The molecule has 2 heterocycles. The van der Waals surface area contributed by atoms with E-state index in [1.165, 1.54) is 11.3 Å². The van der Waals surface area contributed by atoms with Crippen LogP contribution in [0.2, 0.25) is 0 Å². The van der Waals surface area contributed by atoms with Gasteiger partial charge < -0.3 is 4.74 Å². The summed E-state index contributed by atoms with van der Waals surface area (Å²) in [6, 6.07) is 3.58. The van der Waals surface area contributed by atoms with E-state index in [1.54, 1.807) is 25.6 Å². The van der Waals surface area contributed by atoms with Gasteiger partial charge in [-0.1, -0.05) is 0 Å². The number of methoxy groups -OCH3 is 1. The fourth-order valence-corrected chi connectivity index (χ4v) is 2.18. The summed E-state index contributed by atoms with van der Waals surface area (Å²) in [5, 5.41) is 1.82. The van der Waals surface area contributed by atoms with Gasteiger partial charge in [0.1, 0.15) is 5.75 Å². The molecule has 0 N–H and O–H groups in total.